The fraction of sp³-hybridized carbons (Fsp3) is 0.364. The molecule has 1 amide bonds. The number of hydrazone groups is 1. The molecule has 1 atom stereocenters. The fourth-order valence-electron chi connectivity index (χ4n) is 2.60. The molecule has 1 unspecified atom stereocenters. The SMILES string of the molecule is O=C1C2CCCC2=NN1c1ncnc2nc[nH]c12. The van der Waals surface area contributed by atoms with Crippen LogP contribution in [-0.4, -0.2) is 31.6 Å². The van der Waals surface area contributed by atoms with Crippen LogP contribution in [0.4, 0.5) is 5.82 Å². The Morgan fingerprint density at radius 1 is 1.33 bits per heavy atom. The summed E-state index contributed by atoms with van der Waals surface area (Å²) in [7, 11) is 0. The van der Waals surface area contributed by atoms with Crippen molar-refractivity contribution >= 4 is 28.6 Å². The molecule has 0 aromatic carbocycles. The van der Waals surface area contributed by atoms with E-state index in [4.69, 9.17) is 0 Å². The molecular weight excluding hydrogens is 232 g/mol. The van der Waals surface area contributed by atoms with E-state index in [0.717, 1.165) is 25.0 Å². The number of nitrogens with one attached hydrogen (secondary N) is 1. The predicted octanol–water partition coefficient (Wildman–Crippen LogP) is 0.856. The minimum atomic E-state index is -0.0436. The number of amides is 1. The van der Waals surface area contributed by atoms with Crippen LogP contribution in [0.25, 0.3) is 11.2 Å². The normalized spacial score (nSPS) is 22.7. The Kier molecular flexibility index (Phi) is 1.80. The second-order valence-electron chi connectivity index (χ2n) is 4.48. The van der Waals surface area contributed by atoms with E-state index >= 15 is 0 Å². The Morgan fingerprint density at radius 3 is 3.17 bits per heavy atom. The molecule has 2 aromatic heterocycles. The fourth-order valence-corrected chi connectivity index (χ4v) is 2.60. The highest BCUT2D eigenvalue weighted by Gasteiger charge is 2.40. The number of fused-ring (bicyclic) bond motifs is 2. The maximum atomic E-state index is 12.3. The first kappa shape index (κ1) is 9.69. The summed E-state index contributed by atoms with van der Waals surface area (Å²) in [6.07, 6.45) is 5.79. The molecule has 1 aliphatic carbocycles. The van der Waals surface area contributed by atoms with Gasteiger partial charge in [-0.2, -0.15) is 10.1 Å². The van der Waals surface area contributed by atoms with Crippen LogP contribution in [0, 0.1) is 5.92 Å². The van der Waals surface area contributed by atoms with E-state index in [-0.39, 0.29) is 11.8 Å². The number of aromatic amines is 1. The molecule has 1 aliphatic heterocycles. The van der Waals surface area contributed by atoms with Gasteiger partial charge >= 0.3 is 0 Å². The Hall–Kier alpha value is -2.31. The van der Waals surface area contributed by atoms with Crippen molar-refractivity contribution in [3.63, 3.8) is 0 Å². The number of carbonyl (C=O) groups is 1. The molecule has 7 nitrogen and oxygen atoms in total. The first-order valence-electron chi connectivity index (χ1n) is 5.90. The molecule has 3 heterocycles. The van der Waals surface area contributed by atoms with Crippen molar-refractivity contribution in [3.05, 3.63) is 12.7 Å². The summed E-state index contributed by atoms with van der Waals surface area (Å²) in [6, 6.07) is 0. The van der Waals surface area contributed by atoms with Crippen LogP contribution in [0.2, 0.25) is 0 Å². The zero-order chi connectivity index (χ0) is 12.1. The lowest BCUT2D eigenvalue weighted by atomic mass is 10.1. The maximum absolute atomic E-state index is 12.3. The van der Waals surface area contributed by atoms with E-state index in [9.17, 15) is 4.79 Å². The van der Waals surface area contributed by atoms with Crippen molar-refractivity contribution in [1.82, 2.24) is 19.9 Å². The first-order chi connectivity index (χ1) is 8.84. The van der Waals surface area contributed by atoms with Gasteiger partial charge in [0.1, 0.15) is 11.8 Å². The molecule has 0 radical (unpaired) electrons. The topological polar surface area (TPSA) is 87.1 Å². The number of imidazole rings is 1. The number of rotatable bonds is 1. The van der Waals surface area contributed by atoms with Gasteiger partial charge in [0.2, 0.25) is 0 Å². The minimum absolute atomic E-state index is 0.0112. The molecule has 0 spiro atoms. The van der Waals surface area contributed by atoms with Gasteiger partial charge < -0.3 is 4.98 Å². The van der Waals surface area contributed by atoms with Crippen molar-refractivity contribution in [2.45, 2.75) is 19.3 Å². The minimum Gasteiger partial charge on any atom is -0.340 e. The van der Waals surface area contributed by atoms with Gasteiger partial charge in [-0.25, -0.2) is 15.0 Å². The molecule has 1 N–H and O–H groups in total. The van der Waals surface area contributed by atoms with Gasteiger partial charge in [0.05, 0.1) is 18.0 Å². The molecule has 1 fully saturated rings. The summed E-state index contributed by atoms with van der Waals surface area (Å²) in [5.74, 6) is 0.458. The molecule has 7 heteroatoms. The van der Waals surface area contributed by atoms with E-state index < -0.39 is 0 Å². The van der Waals surface area contributed by atoms with E-state index in [0.29, 0.717) is 17.0 Å². The Bertz CT molecular complexity index is 675. The second-order valence-corrected chi connectivity index (χ2v) is 4.48. The number of H-pyrrole nitrogens is 1. The average molecular weight is 242 g/mol. The van der Waals surface area contributed by atoms with Crippen molar-refractivity contribution in [2.24, 2.45) is 11.0 Å². The summed E-state index contributed by atoms with van der Waals surface area (Å²) >= 11 is 0. The van der Waals surface area contributed by atoms with Crippen LogP contribution in [-0.2, 0) is 4.79 Å². The van der Waals surface area contributed by atoms with E-state index in [2.05, 4.69) is 25.0 Å². The van der Waals surface area contributed by atoms with Crippen molar-refractivity contribution < 1.29 is 4.79 Å². The molecule has 0 bridgehead atoms. The number of aromatic nitrogens is 4. The van der Waals surface area contributed by atoms with Gasteiger partial charge in [0.25, 0.3) is 5.91 Å². The second kappa shape index (κ2) is 3.34. The van der Waals surface area contributed by atoms with Gasteiger partial charge in [-0.15, -0.1) is 0 Å². The summed E-state index contributed by atoms with van der Waals surface area (Å²) < 4.78 is 0. The smallest absolute Gasteiger partial charge is 0.257 e. The van der Waals surface area contributed by atoms with Gasteiger partial charge in [0.15, 0.2) is 11.5 Å². The number of hydrogen-bond acceptors (Lipinski definition) is 5. The van der Waals surface area contributed by atoms with E-state index in [1.54, 1.807) is 0 Å². The highest BCUT2D eigenvalue weighted by atomic mass is 16.2. The molecule has 0 saturated heterocycles. The van der Waals surface area contributed by atoms with Crippen LogP contribution >= 0.6 is 0 Å². The average Bonchev–Trinajstić information content (AvgIpc) is 3.06. The molecule has 2 aromatic rings. The Labute approximate surface area is 102 Å². The first-order valence-corrected chi connectivity index (χ1v) is 5.90. The van der Waals surface area contributed by atoms with E-state index in [1.807, 2.05) is 0 Å². The van der Waals surface area contributed by atoms with Gasteiger partial charge in [0, 0.05) is 0 Å². The van der Waals surface area contributed by atoms with Crippen molar-refractivity contribution in [2.75, 3.05) is 5.01 Å². The maximum Gasteiger partial charge on any atom is 0.257 e. The third kappa shape index (κ3) is 1.15. The number of carbonyl (C=O) groups excluding carboxylic acids is 1. The molecule has 2 aliphatic rings. The largest absolute Gasteiger partial charge is 0.340 e. The van der Waals surface area contributed by atoms with Gasteiger partial charge in [-0.05, 0) is 19.3 Å². The van der Waals surface area contributed by atoms with Crippen molar-refractivity contribution in [1.29, 1.82) is 0 Å². The summed E-state index contributed by atoms with van der Waals surface area (Å²) in [5.41, 5.74) is 2.17. The number of nitrogens with zero attached hydrogens (tertiary/aromatic N) is 5. The van der Waals surface area contributed by atoms with Crippen LogP contribution in [0.1, 0.15) is 19.3 Å². The van der Waals surface area contributed by atoms with E-state index in [1.165, 1.54) is 17.7 Å². The Morgan fingerprint density at radius 2 is 2.28 bits per heavy atom. The third-order valence-corrected chi connectivity index (χ3v) is 3.47. The lowest BCUT2D eigenvalue weighted by Gasteiger charge is -2.12. The highest BCUT2D eigenvalue weighted by Crippen LogP contribution is 2.33. The van der Waals surface area contributed by atoms with Crippen molar-refractivity contribution in [3.8, 4) is 0 Å². The number of anilines is 1. The highest BCUT2D eigenvalue weighted by molar-refractivity contribution is 6.17. The zero-order valence-corrected chi connectivity index (χ0v) is 9.50. The summed E-state index contributed by atoms with van der Waals surface area (Å²) in [4.78, 5) is 27.5. The van der Waals surface area contributed by atoms with Crippen LogP contribution in [0.15, 0.2) is 17.8 Å². The molecule has 90 valence electrons. The summed E-state index contributed by atoms with van der Waals surface area (Å²) in [6.45, 7) is 0. The molecule has 18 heavy (non-hydrogen) atoms. The monoisotopic (exact) mass is 242 g/mol. The predicted molar refractivity (Wildman–Crippen MR) is 63.9 cm³/mol. The Balaban J connectivity index is 1.86. The summed E-state index contributed by atoms with van der Waals surface area (Å²) in [5, 5.41) is 5.78. The lowest BCUT2D eigenvalue weighted by Crippen LogP contribution is -2.26. The third-order valence-electron chi connectivity index (χ3n) is 3.47. The lowest BCUT2D eigenvalue weighted by molar-refractivity contribution is -0.119. The quantitative estimate of drug-likeness (QED) is 0.803. The van der Waals surface area contributed by atoms with Gasteiger partial charge in [-0.3, -0.25) is 4.79 Å². The number of hydrogen-bond donors (Lipinski definition) is 1. The van der Waals surface area contributed by atoms with Crippen LogP contribution in [0.5, 0.6) is 0 Å². The van der Waals surface area contributed by atoms with Gasteiger partial charge in [-0.1, -0.05) is 0 Å². The standard InChI is InChI=1S/C11H10N6O/c18-11-6-2-1-3-7(6)16-17(11)10-8-9(13-4-12-8)14-5-15-10/h4-6H,1-3H2,(H,12,13,14,15). The van der Waals surface area contributed by atoms with Crippen LogP contribution < -0.4 is 5.01 Å². The molecule has 4 rings (SSSR count). The zero-order valence-electron chi connectivity index (χ0n) is 9.50. The molecule has 1 saturated carbocycles. The molecular formula is C11H10N6O. The van der Waals surface area contributed by atoms with Crippen LogP contribution in [0.3, 0.4) is 0 Å².